The lowest BCUT2D eigenvalue weighted by Gasteiger charge is -2.23. The van der Waals surface area contributed by atoms with E-state index in [-0.39, 0.29) is 17.3 Å². The molecule has 8 nitrogen and oxygen atoms in total. The van der Waals surface area contributed by atoms with Crippen molar-refractivity contribution in [1.29, 1.82) is 5.26 Å². The predicted octanol–water partition coefficient (Wildman–Crippen LogP) is 2.93. The monoisotopic (exact) mass is 324 g/mol. The first-order valence-corrected chi connectivity index (χ1v) is 7.05. The second kappa shape index (κ2) is 5.89. The fraction of sp³-hybridized carbons (Fsp3) is 0.125. The minimum absolute atomic E-state index is 0.152. The summed E-state index contributed by atoms with van der Waals surface area (Å²) in [6, 6.07) is 10.9. The van der Waals surface area contributed by atoms with E-state index in [1.165, 1.54) is 18.2 Å². The summed E-state index contributed by atoms with van der Waals surface area (Å²) in [5.74, 6) is 0.255. The number of nitro groups is 1. The third kappa shape index (κ3) is 2.83. The van der Waals surface area contributed by atoms with E-state index in [9.17, 15) is 14.9 Å². The maximum atomic E-state index is 11.7. The zero-order valence-electron chi connectivity index (χ0n) is 12.6. The Balaban J connectivity index is 1.95. The molecule has 120 valence electrons. The van der Waals surface area contributed by atoms with Gasteiger partial charge in [0.25, 0.3) is 11.6 Å². The fourth-order valence-electron chi connectivity index (χ4n) is 2.31. The van der Waals surface area contributed by atoms with E-state index in [0.717, 1.165) is 0 Å². The highest BCUT2D eigenvalue weighted by Crippen LogP contribution is 2.35. The summed E-state index contributed by atoms with van der Waals surface area (Å²) in [6.45, 7) is 1.64. The minimum Gasteiger partial charge on any atom is -0.479 e. The Bertz CT molecular complexity index is 888. The van der Waals surface area contributed by atoms with Gasteiger partial charge in [-0.15, -0.1) is 0 Å². The number of nitrogens with one attached hydrogen (secondary N) is 2. The van der Waals surface area contributed by atoms with Crippen LogP contribution in [-0.2, 0) is 4.79 Å². The first-order valence-electron chi connectivity index (χ1n) is 7.05. The van der Waals surface area contributed by atoms with Gasteiger partial charge in [-0.2, -0.15) is 5.26 Å². The first kappa shape index (κ1) is 15.3. The summed E-state index contributed by atoms with van der Waals surface area (Å²) in [7, 11) is 0. The van der Waals surface area contributed by atoms with E-state index < -0.39 is 11.0 Å². The van der Waals surface area contributed by atoms with E-state index in [4.69, 9.17) is 10.00 Å². The number of hydrogen-bond donors (Lipinski definition) is 2. The first-order chi connectivity index (χ1) is 11.5. The fourth-order valence-corrected chi connectivity index (χ4v) is 2.31. The lowest BCUT2D eigenvalue weighted by molar-refractivity contribution is -0.383. The number of anilines is 3. The van der Waals surface area contributed by atoms with Crippen molar-refractivity contribution in [2.24, 2.45) is 0 Å². The molecule has 0 fully saturated rings. The van der Waals surface area contributed by atoms with Gasteiger partial charge < -0.3 is 15.4 Å². The summed E-state index contributed by atoms with van der Waals surface area (Å²) in [5.41, 5.74) is 1.33. The Morgan fingerprint density at radius 3 is 2.83 bits per heavy atom. The summed E-state index contributed by atoms with van der Waals surface area (Å²) >= 11 is 0. The lowest BCUT2D eigenvalue weighted by atomic mass is 10.1. The molecule has 1 amide bonds. The number of carbonyl (C=O) groups is 1. The van der Waals surface area contributed by atoms with Crippen molar-refractivity contribution in [2.75, 3.05) is 10.6 Å². The molecule has 2 N–H and O–H groups in total. The number of amides is 1. The molecule has 1 unspecified atom stereocenters. The van der Waals surface area contributed by atoms with Crippen molar-refractivity contribution in [3.05, 3.63) is 52.1 Å². The van der Waals surface area contributed by atoms with Gasteiger partial charge in [-0.05, 0) is 37.3 Å². The van der Waals surface area contributed by atoms with Gasteiger partial charge in [0.2, 0.25) is 0 Å². The molecular weight excluding hydrogens is 312 g/mol. The quantitative estimate of drug-likeness (QED) is 0.662. The number of ether oxygens (including phenoxy) is 1. The highest BCUT2D eigenvalue weighted by molar-refractivity contribution is 5.98. The zero-order valence-corrected chi connectivity index (χ0v) is 12.6. The highest BCUT2D eigenvalue weighted by Gasteiger charge is 2.24. The standard InChI is InChI=1S/C16H12N4O4/c1-9-16(21)19-13-7-11(3-5-15(13)24-9)18-12-6-10(8-17)2-4-14(12)20(22)23/h2-7,9,18H,1H3,(H,19,21). The number of rotatable bonds is 3. The van der Waals surface area contributed by atoms with Gasteiger partial charge in [0.1, 0.15) is 11.4 Å². The molecule has 0 aliphatic carbocycles. The topological polar surface area (TPSA) is 117 Å². The van der Waals surface area contributed by atoms with Crippen LogP contribution in [-0.4, -0.2) is 16.9 Å². The minimum atomic E-state index is -0.579. The van der Waals surface area contributed by atoms with Gasteiger partial charge in [0.05, 0.1) is 22.2 Å². The molecule has 1 aliphatic heterocycles. The van der Waals surface area contributed by atoms with Crippen LogP contribution in [0.25, 0.3) is 0 Å². The van der Waals surface area contributed by atoms with Gasteiger partial charge in [0, 0.05) is 11.8 Å². The molecule has 0 bridgehead atoms. The summed E-state index contributed by atoms with van der Waals surface area (Å²) < 4.78 is 5.46. The maximum absolute atomic E-state index is 11.7. The number of nitro benzene ring substituents is 1. The normalized spacial score (nSPS) is 15.5. The summed E-state index contributed by atoms with van der Waals surface area (Å²) in [4.78, 5) is 22.3. The van der Waals surface area contributed by atoms with Crippen LogP contribution in [0.5, 0.6) is 5.75 Å². The molecule has 2 aromatic carbocycles. The Morgan fingerprint density at radius 2 is 2.12 bits per heavy atom. The smallest absolute Gasteiger partial charge is 0.292 e. The largest absolute Gasteiger partial charge is 0.479 e. The van der Waals surface area contributed by atoms with Crippen LogP contribution in [0.15, 0.2) is 36.4 Å². The zero-order chi connectivity index (χ0) is 17.3. The molecule has 0 spiro atoms. The number of nitrogens with zero attached hydrogens (tertiary/aromatic N) is 2. The van der Waals surface area contributed by atoms with Gasteiger partial charge in [-0.3, -0.25) is 14.9 Å². The number of fused-ring (bicyclic) bond motifs is 1. The molecule has 0 radical (unpaired) electrons. The van der Waals surface area contributed by atoms with E-state index in [1.54, 1.807) is 25.1 Å². The molecule has 1 atom stereocenters. The van der Waals surface area contributed by atoms with Crippen LogP contribution in [0, 0.1) is 21.4 Å². The third-order valence-electron chi connectivity index (χ3n) is 3.51. The molecular formula is C16H12N4O4. The predicted molar refractivity (Wildman–Crippen MR) is 86.3 cm³/mol. The molecule has 3 rings (SSSR count). The average Bonchev–Trinajstić information content (AvgIpc) is 2.56. The Morgan fingerprint density at radius 1 is 1.33 bits per heavy atom. The Hall–Kier alpha value is -3.60. The van der Waals surface area contributed by atoms with E-state index >= 15 is 0 Å². The van der Waals surface area contributed by atoms with Gasteiger partial charge in [0.15, 0.2) is 6.10 Å². The molecule has 0 saturated heterocycles. The SMILES string of the molecule is CC1Oc2ccc(Nc3cc(C#N)ccc3[N+](=O)[O-])cc2NC1=O. The maximum Gasteiger partial charge on any atom is 0.292 e. The molecule has 0 saturated carbocycles. The van der Waals surface area contributed by atoms with Crippen molar-refractivity contribution < 1.29 is 14.5 Å². The summed E-state index contributed by atoms with van der Waals surface area (Å²) in [6.07, 6.45) is -0.579. The van der Waals surface area contributed by atoms with Gasteiger partial charge in [-0.1, -0.05) is 0 Å². The van der Waals surface area contributed by atoms with Crippen LogP contribution >= 0.6 is 0 Å². The van der Waals surface area contributed by atoms with Crippen molar-refractivity contribution in [3.63, 3.8) is 0 Å². The molecule has 1 heterocycles. The van der Waals surface area contributed by atoms with Gasteiger partial charge >= 0.3 is 0 Å². The number of nitriles is 1. The lowest BCUT2D eigenvalue weighted by Crippen LogP contribution is -2.34. The molecule has 24 heavy (non-hydrogen) atoms. The highest BCUT2D eigenvalue weighted by atomic mass is 16.6. The number of benzene rings is 2. The second-order valence-corrected chi connectivity index (χ2v) is 5.19. The second-order valence-electron chi connectivity index (χ2n) is 5.19. The molecule has 0 aromatic heterocycles. The van der Waals surface area contributed by atoms with E-state index in [0.29, 0.717) is 22.7 Å². The van der Waals surface area contributed by atoms with Crippen molar-refractivity contribution >= 4 is 28.7 Å². The van der Waals surface area contributed by atoms with Gasteiger partial charge in [-0.25, -0.2) is 0 Å². The van der Waals surface area contributed by atoms with Crippen LogP contribution in [0.3, 0.4) is 0 Å². The van der Waals surface area contributed by atoms with Crippen molar-refractivity contribution in [2.45, 2.75) is 13.0 Å². The van der Waals surface area contributed by atoms with E-state index in [1.807, 2.05) is 6.07 Å². The summed E-state index contributed by atoms with van der Waals surface area (Å²) in [5, 5.41) is 25.7. The Labute approximate surface area is 136 Å². The molecule has 2 aromatic rings. The van der Waals surface area contributed by atoms with Crippen LogP contribution in [0.2, 0.25) is 0 Å². The van der Waals surface area contributed by atoms with E-state index in [2.05, 4.69) is 10.6 Å². The average molecular weight is 324 g/mol. The Kier molecular flexibility index (Phi) is 3.75. The molecule has 8 heteroatoms. The van der Waals surface area contributed by atoms with Crippen LogP contribution in [0.1, 0.15) is 12.5 Å². The molecule has 1 aliphatic rings. The van der Waals surface area contributed by atoms with Crippen molar-refractivity contribution in [1.82, 2.24) is 0 Å². The number of hydrogen-bond acceptors (Lipinski definition) is 6. The number of carbonyl (C=O) groups excluding carboxylic acids is 1. The third-order valence-corrected chi connectivity index (χ3v) is 3.51. The van der Waals surface area contributed by atoms with Crippen LogP contribution in [0.4, 0.5) is 22.7 Å². The van der Waals surface area contributed by atoms with Crippen LogP contribution < -0.4 is 15.4 Å². The van der Waals surface area contributed by atoms with Crippen molar-refractivity contribution in [3.8, 4) is 11.8 Å².